The van der Waals surface area contributed by atoms with Gasteiger partial charge in [-0.15, -0.1) is 0 Å². The second kappa shape index (κ2) is 7.28. The molecule has 3 aliphatic rings. The summed E-state index contributed by atoms with van der Waals surface area (Å²) in [4.78, 5) is 13.5. The summed E-state index contributed by atoms with van der Waals surface area (Å²) >= 11 is 1.17. The van der Waals surface area contributed by atoms with Crippen LogP contribution in [0.1, 0.15) is 34.7 Å². The Bertz CT molecular complexity index is 1290. The Hall–Kier alpha value is -3.51. The number of hydrogen-bond donors (Lipinski definition) is 1. The number of benzene rings is 3. The van der Waals surface area contributed by atoms with Crippen molar-refractivity contribution in [3.63, 3.8) is 0 Å². The Kier molecular flexibility index (Phi) is 4.36. The lowest BCUT2D eigenvalue weighted by Crippen LogP contribution is -2.61. The van der Waals surface area contributed by atoms with Gasteiger partial charge in [0, 0.05) is 12.0 Å². The van der Waals surface area contributed by atoms with E-state index in [-0.39, 0.29) is 11.3 Å². The second-order valence-electron chi connectivity index (χ2n) is 8.14. The molecule has 0 aromatic heterocycles. The van der Waals surface area contributed by atoms with Crippen LogP contribution in [-0.4, -0.2) is 21.8 Å². The highest BCUT2D eigenvalue weighted by Gasteiger charge is 2.58. The smallest absolute Gasteiger partial charge is 0.314 e. The largest absolute Gasteiger partial charge is 0.444 e. The normalized spacial score (nSPS) is 24.7. The Morgan fingerprint density at radius 3 is 2.66 bits per heavy atom. The maximum absolute atomic E-state index is 12.7. The molecular weight excluding hydrogens is 418 g/mol. The first-order valence-corrected chi connectivity index (χ1v) is 11.4. The summed E-state index contributed by atoms with van der Waals surface area (Å²) < 4.78 is 6.57. The van der Waals surface area contributed by atoms with Gasteiger partial charge >= 0.3 is 5.85 Å². The molecule has 1 saturated heterocycles. The second-order valence-corrected chi connectivity index (χ2v) is 9.16. The first kappa shape index (κ1) is 19.2. The molecule has 5 nitrogen and oxygen atoms in total. The molecule has 0 saturated carbocycles. The van der Waals surface area contributed by atoms with Crippen molar-refractivity contribution in [2.75, 3.05) is 0 Å². The molecule has 6 rings (SSSR count). The first-order valence-electron chi connectivity index (χ1n) is 10.6. The maximum atomic E-state index is 12.7. The number of rotatable bonds is 2. The molecule has 0 radical (unpaired) electrons. The minimum absolute atomic E-state index is 0.0329. The Balaban J connectivity index is 1.53. The van der Waals surface area contributed by atoms with Gasteiger partial charge < -0.3 is 4.74 Å². The number of fused-ring (bicyclic) bond motifs is 4. The van der Waals surface area contributed by atoms with Crippen molar-refractivity contribution >= 4 is 28.8 Å². The Morgan fingerprint density at radius 1 is 1.06 bits per heavy atom. The van der Waals surface area contributed by atoms with Crippen molar-refractivity contribution in [2.24, 2.45) is 5.10 Å². The van der Waals surface area contributed by atoms with Crippen LogP contribution in [0.3, 0.4) is 0 Å². The minimum atomic E-state index is -1.17. The van der Waals surface area contributed by atoms with Gasteiger partial charge in [-0.2, -0.15) is 5.10 Å². The van der Waals surface area contributed by atoms with Crippen LogP contribution in [0.4, 0.5) is 4.79 Å². The lowest BCUT2D eigenvalue weighted by Gasteiger charge is -2.45. The van der Waals surface area contributed by atoms with E-state index in [4.69, 9.17) is 9.84 Å². The lowest BCUT2D eigenvalue weighted by atomic mass is 9.95. The fraction of sp³-hybridized carbons (Fsp3) is 0.154. The average Bonchev–Trinajstić information content (AvgIpc) is 3.39. The van der Waals surface area contributed by atoms with E-state index in [1.165, 1.54) is 11.8 Å². The van der Waals surface area contributed by atoms with Gasteiger partial charge in [0.05, 0.1) is 16.7 Å². The molecule has 2 atom stereocenters. The van der Waals surface area contributed by atoms with Gasteiger partial charge in [0.2, 0.25) is 0 Å². The van der Waals surface area contributed by atoms with Crippen LogP contribution in [0.2, 0.25) is 0 Å². The quantitative estimate of drug-likeness (QED) is 0.557. The zero-order valence-electron chi connectivity index (χ0n) is 17.5. The standard InChI is InChI=1S/C26H21N3O2S/c1-17-9-5-6-12-19(17)15-24-26(27-25(30)32-24)29-22(20-13-7-8-14-23(20)31-26)16-21(28-29)18-10-3-2-4-11-18/h2-15,22H,16H2,1H3,(H,27,30)/b24-15-. The van der Waals surface area contributed by atoms with E-state index < -0.39 is 5.85 Å². The van der Waals surface area contributed by atoms with Crippen LogP contribution in [0.5, 0.6) is 5.75 Å². The van der Waals surface area contributed by atoms with Gasteiger partial charge in [-0.1, -0.05) is 72.8 Å². The van der Waals surface area contributed by atoms with E-state index in [9.17, 15) is 4.79 Å². The van der Waals surface area contributed by atoms with E-state index in [2.05, 4.69) is 42.6 Å². The topological polar surface area (TPSA) is 53.9 Å². The molecule has 32 heavy (non-hydrogen) atoms. The molecule has 3 aromatic carbocycles. The number of aryl methyl sites for hydroxylation is 1. The number of para-hydroxylation sites is 1. The molecule has 1 N–H and O–H groups in total. The van der Waals surface area contributed by atoms with Crippen molar-refractivity contribution in [3.8, 4) is 5.75 Å². The van der Waals surface area contributed by atoms with E-state index in [0.29, 0.717) is 0 Å². The molecular formula is C26H21N3O2S. The first-order chi connectivity index (χ1) is 15.6. The lowest BCUT2D eigenvalue weighted by molar-refractivity contribution is -0.0949. The SMILES string of the molecule is Cc1ccccc1/C=C1\SC(=O)NC12Oc1ccccc1C1CC(c3ccccc3)=NN12. The third-order valence-electron chi connectivity index (χ3n) is 6.16. The third kappa shape index (κ3) is 2.94. The molecule has 1 spiro atoms. The summed E-state index contributed by atoms with van der Waals surface area (Å²) in [5.41, 5.74) is 5.33. The highest BCUT2D eigenvalue weighted by molar-refractivity contribution is 8.17. The Morgan fingerprint density at radius 2 is 1.81 bits per heavy atom. The van der Waals surface area contributed by atoms with Gasteiger partial charge in [0.25, 0.3) is 5.24 Å². The fourth-order valence-corrected chi connectivity index (χ4v) is 5.46. The van der Waals surface area contributed by atoms with Gasteiger partial charge in [-0.25, -0.2) is 5.01 Å². The van der Waals surface area contributed by atoms with Crippen molar-refractivity contribution < 1.29 is 9.53 Å². The molecule has 158 valence electrons. The van der Waals surface area contributed by atoms with Crippen LogP contribution in [0, 0.1) is 6.92 Å². The molecule has 6 heteroatoms. The van der Waals surface area contributed by atoms with Gasteiger partial charge in [0.1, 0.15) is 5.75 Å². The van der Waals surface area contributed by atoms with Crippen molar-refractivity contribution in [1.82, 2.24) is 10.3 Å². The molecule has 3 heterocycles. The van der Waals surface area contributed by atoms with E-state index in [1.54, 1.807) is 0 Å². The molecule has 0 aliphatic carbocycles. The van der Waals surface area contributed by atoms with E-state index in [0.717, 1.165) is 45.0 Å². The highest BCUT2D eigenvalue weighted by atomic mass is 32.2. The summed E-state index contributed by atoms with van der Waals surface area (Å²) in [7, 11) is 0. The molecule has 3 aromatic rings. The summed E-state index contributed by atoms with van der Waals surface area (Å²) in [5, 5.41) is 9.91. The number of carbonyl (C=O) groups is 1. The zero-order valence-corrected chi connectivity index (χ0v) is 18.3. The molecule has 1 fully saturated rings. The average molecular weight is 440 g/mol. The summed E-state index contributed by atoms with van der Waals surface area (Å²) in [5.74, 6) is -0.392. The summed E-state index contributed by atoms with van der Waals surface area (Å²) in [6, 6.07) is 26.3. The van der Waals surface area contributed by atoms with E-state index in [1.807, 2.05) is 59.6 Å². The summed E-state index contributed by atoms with van der Waals surface area (Å²) in [6.45, 7) is 2.06. The number of nitrogens with zero attached hydrogens (tertiary/aromatic N) is 2. The number of amides is 1. The van der Waals surface area contributed by atoms with Crippen molar-refractivity contribution in [2.45, 2.75) is 25.2 Å². The molecule has 3 aliphatic heterocycles. The van der Waals surface area contributed by atoms with Crippen LogP contribution in [0.15, 0.2) is 88.9 Å². The summed E-state index contributed by atoms with van der Waals surface area (Å²) in [6.07, 6.45) is 2.78. The van der Waals surface area contributed by atoms with Crippen molar-refractivity contribution in [1.29, 1.82) is 0 Å². The van der Waals surface area contributed by atoms with Gasteiger partial charge in [0.15, 0.2) is 0 Å². The number of nitrogens with one attached hydrogen (secondary N) is 1. The Labute approximate surface area is 190 Å². The minimum Gasteiger partial charge on any atom is -0.444 e. The molecule has 1 amide bonds. The maximum Gasteiger partial charge on any atom is 0.314 e. The predicted octanol–water partition coefficient (Wildman–Crippen LogP) is 5.69. The number of hydrogen-bond acceptors (Lipinski definition) is 5. The zero-order chi connectivity index (χ0) is 21.7. The van der Waals surface area contributed by atoms with Crippen LogP contribution in [0.25, 0.3) is 6.08 Å². The van der Waals surface area contributed by atoms with E-state index >= 15 is 0 Å². The molecule has 2 unspecified atom stereocenters. The van der Waals surface area contributed by atoms with Gasteiger partial charge in [-0.3, -0.25) is 10.1 Å². The predicted molar refractivity (Wildman–Crippen MR) is 127 cm³/mol. The van der Waals surface area contributed by atoms with Crippen LogP contribution < -0.4 is 10.1 Å². The van der Waals surface area contributed by atoms with Crippen LogP contribution >= 0.6 is 11.8 Å². The third-order valence-corrected chi connectivity index (χ3v) is 7.06. The number of hydrazone groups is 1. The highest BCUT2D eigenvalue weighted by Crippen LogP contribution is 2.52. The van der Waals surface area contributed by atoms with Gasteiger partial charge in [-0.05, 0) is 47.5 Å². The number of ether oxygens (including phenoxy) is 1. The fourth-order valence-electron chi connectivity index (χ4n) is 4.56. The number of carbonyl (C=O) groups excluding carboxylic acids is 1. The molecule has 0 bridgehead atoms. The number of thioether (sulfide) groups is 1. The van der Waals surface area contributed by atoms with Crippen LogP contribution in [-0.2, 0) is 0 Å². The monoisotopic (exact) mass is 439 g/mol. The van der Waals surface area contributed by atoms with Crippen molar-refractivity contribution in [3.05, 3.63) is 106 Å².